The smallest absolute Gasteiger partial charge is 0.232 e. The van der Waals surface area contributed by atoms with Crippen molar-refractivity contribution in [3.8, 4) is 0 Å². The molecule has 0 saturated heterocycles. The number of nitrogens with two attached hydrogens (primary N) is 1. The minimum Gasteiger partial charge on any atom is -0.368 e. The summed E-state index contributed by atoms with van der Waals surface area (Å²) in [5.74, 6) is 0.726. The van der Waals surface area contributed by atoms with Gasteiger partial charge in [-0.1, -0.05) is 18.2 Å². The molecule has 26 heavy (non-hydrogen) atoms. The van der Waals surface area contributed by atoms with Crippen molar-refractivity contribution in [2.75, 3.05) is 21.9 Å². The molecular weight excluding hydrogens is 374 g/mol. The summed E-state index contributed by atoms with van der Waals surface area (Å²) in [7, 11) is -3.51. The lowest BCUT2D eigenvalue weighted by atomic mass is 10.0. The minimum absolute atomic E-state index is 0.0229. The summed E-state index contributed by atoms with van der Waals surface area (Å²) in [6.07, 6.45) is 2.89. The summed E-state index contributed by atoms with van der Waals surface area (Å²) in [6, 6.07) is 7.46. The molecule has 0 radical (unpaired) electrons. The van der Waals surface area contributed by atoms with Crippen LogP contribution in [0.3, 0.4) is 0 Å². The van der Waals surface area contributed by atoms with Crippen LogP contribution in [0.2, 0.25) is 0 Å². The van der Waals surface area contributed by atoms with Gasteiger partial charge in [0.25, 0.3) is 0 Å². The first-order chi connectivity index (χ1) is 12.4. The number of hydrogen-bond donors (Lipinski definition) is 4. The lowest BCUT2D eigenvalue weighted by Crippen LogP contribution is -2.32. The number of aromatic nitrogens is 4. The zero-order valence-electron chi connectivity index (χ0n) is 13.6. The fraction of sp³-hybridized carbons (Fsp3) is 0.267. The molecule has 2 atom stereocenters. The van der Waals surface area contributed by atoms with Gasteiger partial charge in [-0.05, 0) is 24.5 Å². The van der Waals surface area contributed by atoms with E-state index < -0.39 is 8.96 Å². The predicted molar refractivity (Wildman–Crippen MR) is 104 cm³/mol. The molecule has 2 aromatic heterocycles. The summed E-state index contributed by atoms with van der Waals surface area (Å²) in [6.45, 7) is 0.350. The Kier molecular flexibility index (Phi) is 4.13. The highest BCUT2D eigenvalue weighted by molar-refractivity contribution is 8.30. The number of hydrogen-bond acceptors (Lipinski definition) is 7. The monoisotopic (exact) mass is 391 g/mol. The normalized spacial score (nSPS) is 19.6. The lowest BCUT2D eigenvalue weighted by molar-refractivity contribution is 0.553. The van der Waals surface area contributed by atoms with Gasteiger partial charge < -0.3 is 11.1 Å². The molecule has 1 aromatic carbocycles. The van der Waals surface area contributed by atoms with Gasteiger partial charge in [0.2, 0.25) is 14.9 Å². The third-order valence-corrected chi connectivity index (χ3v) is 5.83. The van der Waals surface area contributed by atoms with Crippen molar-refractivity contribution in [3.63, 3.8) is 0 Å². The largest absolute Gasteiger partial charge is 0.368 e. The van der Waals surface area contributed by atoms with Gasteiger partial charge in [-0.25, -0.2) is 4.21 Å². The van der Waals surface area contributed by atoms with Gasteiger partial charge in [0.1, 0.15) is 5.82 Å². The average molecular weight is 391 g/mol. The van der Waals surface area contributed by atoms with Crippen LogP contribution in [-0.4, -0.2) is 41.5 Å². The van der Waals surface area contributed by atoms with Crippen LogP contribution in [0.5, 0.6) is 0 Å². The highest BCUT2D eigenvalue weighted by Crippen LogP contribution is 2.30. The summed E-state index contributed by atoms with van der Waals surface area (Å²) in [5.41, 5.74) is 7.96. The van der Waals surface area contributed by atoms with Gasteiger partial charge in [-0.2, -0.15) is 15.1 Å². The Morgan fingerprint density at radius 1 is 1.38 bits per heavy atom. The first kappa shape index (κ1) is 16.9. The molecule has 5 N–H and O–H groups in total. The second-order valence-electron chi connectivity index (χ2n) is 6.08. The topological polar surface area (TPSA) is 133 Å². The lowest BCUT2D eigenvalue weighted by Gasteiger charge is -2.23. The van der Waals surface area contributed by atoms with E-state index in [4.69, 9.17) is 16.9 Å². The van der Waals surface area contributed by atoms with Crippen LogP contribution in [0.15, 0.2) is 30.5 Å². The van der Waals surface area contributed by atoms with Crippen LogP contribution in [0.25, 0.3) is 11.0 Å². The number of benzene rings is 1. The van der Waals surface area contributed by atoms with Gasteiger partial charge in [0.15, 0.2) is 5.65 Å². The molecule has 1 aliphatic rings. The molecule has 1 aliphatic heterocycles. The predicted octanol–water partition coefficient (Wildman–Crippen LogP) is 1.30. The van der Waals surface area contributed by atoms with Crippen LogP contribution in [0.1, 0.15) is 12.0 Å². The van der Waals surface area contributed by atoms with Gasteiger partial charge in [0, 0.05) is 23.8 Å². The molecule has 3 aromatic rings. The fourth-order valence-corrected chi connectivity index (χ4v) is 4.43. The van der Waals surface area contributed by atoms with Crippen molar-refractivity contribution < 1.29 is 8.76 Å². The van der Waals surface area contributed by atoms with Crippen LogP contribution < -0.4 is 15.4 Å². The standard InChI is InChI=1S/C15H17N7O2S2/c16-15-19-13(11-8-17-21-14(11)20-15)18-10-5-6-22(26(23,24)25)12-4-2-1-3-9(12)7-10/h1-4,8,10H,5-7H2,(H,23,24,25)(H4,16,17,18,19,20,21). The van der Waals surface area contributed by atoms with Crippen molar-refractivity contribution in [1.82, 2.24) is 20.2 Å². The number of rotatable bonds is 3. The van der Waals surface area contributed by atoms with Gasteiger partial charge in [-0.3, -0.25) is 14.0 Å². The van der Waals surface area contributed by atoms with Crippen LogP contribution in [0.4, 0.5) is 17.5 Å². The van der Waals surface area contributed by atoms with Gasteiger partial charge >= 0.3 is 0 Å². The molecule has 0 aliphatic carbocycles. The van der Waals surface area contributed by atoms with Crippen molar-refractivity contribution >= 4 is 48.6 Å². The Bertz CT molecular complexity index is 1070. The zero-order chi connectivity index (χ0) is 18.3. The van der Waals surface area contributed by atoms with E-state index >= 15 is 0 Å². The van der Waals surface area contributed by atoms with Gasteiger partial charge in [-0.15, -0.1) is 0 Å². The number of nitrogen functional groups attached to an aromatic ring is 1. The number of nitrogens with zero attached hydrogens (tertiary/aromatic N) is 4. The number of nitrogens with one attached hydrogen (secondary N) is 2. The highest BCUT2D eigenvalue weighted by atomic mass is 32.8. The molecule has 3 heterocycles. The van der Waals surface area contributed by atoms with E-state index in [0.717, 1.165) is 10.9 Å². The van der Waals surface area contributed by atoms with Crippen LogP contribution in [-0.2, 0) is 26.6 Å². The number of anilines is 3. The molecule has 4 rings (SSSR count). The van der Waals surface area contributed by atoms with E-state index in [9.17, 15) is 8.76 Å². The van der Waals surface area contributed by atoms with E-state index in [1.165, 1.54) is 4.31 Å². The minimum atomic E-state index is -3.51. The van der Waals surface area contributed by atoms with E-state index in [1.54, 1.807) is 6.20 Å². The van der Waals surface area contributed by atoms with Crippen LogP contribution in [0, 0.1) is 0 Å². The van der Waals surface area contributed by atoms with Crippen LogP contribution >= 0.6 is 0 Å². The molecule has 0 spiro atoms. The Morgan fingerprint density at radius 3 is 3.00 bits per heavy atom. The van der Waals surface area contributed by atoms with E-state index in [-0.39, 0.29) is 12.0 Å². The summed E-state index contributed by atoms with van der Waals surface area (Å²) in [4.78, 5) is 8.38. The van der Waals surface area contributed by atoms with Crippen molar-refractivity contribution in [1.29, 1.82) is 0 Å². The summed E-state index contributed by atoms with van der Waals surface area (Å²) < 4.78 is 23.5. The number of fused-ring (bicyclic) bond motifs is 2. The summed E-state index contributed by atoms with van der Waals surface area (Å²) in [5, 5.41) is 10.9. The van der Waals surface area contributed by atoms with Gasteiger partial charge in [0.05, 0.1) is 17.3 Å². The molecular formula is C15H17N7O2S2. The fourth-order valence-electron chi connectivity index (χ4n) is 3.21. The summed E-state index contributed by atoms with van der Waals surface area (Å²) >= 11 is 4.82. The van der Waals surface area contributed by atoms with E-state index in [0.29, 0.717) is 36.5 Å². The second-order valence-corrected chi connectivity index (χ2v) is 8.71. The Hall–Kier alpha value is -2.50. The Labute approximate surface area is 154 Å². The first-order valence-electron chi connectivity index (χ1n) is 7.98. The molecule has 136 valence electrons. The second kappa shape index (κ2) is 6.34. The molecule has 0 saturated carbocycles. The maximum Gasteiger partial charge on any atom is 0.232 e. The van der Waals surface area contributed by atoms with Crippen molar-refractivity contribution in [2.45, 2.75) is 18.9 Å². The quantitative estimate of drug-likeness (QED) is 0.525. The SMILES string of the molecule is Nc1nc(NC2CCN(S(=O)(O)=S)c3ccccc3C2)c2cn[nH]c2n1. The number of H-pyrrole nitrogens is 1. The Balaban J connectivity index is 1.68. The maximum absolute atomic E-state index is 12.1. The molecule has 0 fully saturated rings. The first-order valence-corrected chi connectivity index (χ1v) is 10.4. The molecule has 11 heteroatoms. The third kappa shape index (κ3) is 3.16. The number of para-hydroxylation sites is 1. The molecule has 0 amide bonds. The van der Waals surface area contributed by atoms with E-state index in [1.807, 2.05) is 24.3 Å². The molecule has 0 bridgehead atoms. The maximum atomic E-state index is 12.1. The zero-order valence-corrected chi connectivity index (χ0v) is 15.3. The molecule has 9 nitrogen and oxygen atoms in total. The molecule has 2 unspecified atom stereocenters. The highest BCUT2D eigenvalue weighted by Gasteiger charge is 2.26. The Morgan fingerprint density at radius 2 is 2.19 bits per heavy atom. The van der Waals surface area contributed by atoms with Crippen molar-refractivity contribution in [2.24, 2.45) is 0 Å². The van der Waals surface area contributed by atoms with E-state index in [2.05, 4.69) is 25.5 Å². The third-order valence-electron chi connectivity index (χ3n) is 4.35. The number of aromatic amines is 1. The average Bonchev–Trinajstić information content (AvgIpc) is 2.95. The van der Waals surface area contributed by atoms with Crippen molar-refractivity contribution in [3.05, 3.63) is 36.0 Å².